The molecule has 1 atom stereocenters. The van der Waals surface area contributed by atoms with Crippen molar-refractivity contribution < 1.29 is 8.42 Å². The van der Waals surface area contributed by atoms with Gasteiger partial charge in [-0.3, -0.25) is 0 Å². The zero-order valence-electron chi connectivity index (χ0n) is 10.0. The van der Waals surface area contributed by atoms with Crippen molar-refractivity contribution in [1.82, 2.24) is 5.32 Å². The lowest BCUT2D eigenvalue weighted by Gasteiger charge is -2.23. The molecular weight excluding hydrogens is 270 g/mol. The summed E-state index contributed by atoms with van der Waals surface area (Å²) in [4.78, 5) is 0.601. The van der Waals surface area contributed by atoms with Crippen LogP contribution >= 0.6 is 11.6 Å². The number of hydrogen-bond donors (Lipinski definition) is 1. The topological polar surface area (TPSA) is 46.2 Å². The summed E-state index contributed by atoms with van der Waals surface area (Å²) in [6, 6.07) is 7.35. The third-order valence-electron chi connectivity index (χ3n) is 3.26. The highest BCUT2D eigenvalue weighted by molar-refractivity contribution is 7.73. The molecule has 3 nitrogen and oxygen atoms in total. The Hall–Kier alpha value is -0.840. The van der Waals surface area contributed by atoms with E-state index in [4.69, 9.17) is 11.6 Å². The third kappa shape index (κ3) is 3.57. The van der Waals surface area contributed by atoms with Crippen molar-refractivity contribution in [2.75, 3.05) is 13.1 Å². The van der Waals surface area contributed by atoms with Gasteiger partial charge in [-0.15, -0.1) is 0 Å². The first kappa shape index (κ1) is 13.6. The van der Waals surface area contributed by atoms with Crippen molar-refractivity contribution in [3.8, 4) is 0 Å². The van der Waals surface area contributed by atoms with Gasteiger partial charge in [-0.2, -0.15) is 8.42 Å². The van der Waals surface area contributed by atoms with Gasteiger partial charge in [-0.05, 0) is 37.1 Å². The Kier molecular flexibility index (Phi) is 4.80. The normalized spacial score (nSPS) is 19.5. The van der Waals surface area contributed by atoms with Gasteiger partial charge in [0.05, 0.1) is 4.86 Å². The second-order valence-electron chi connectivity index (χ2n) is 4.55. The number of piperidine rings is 1. The van der Waals surface area contributed by atoms with Gasteiger partial charge in [0.15, 0.2) is 0 Å². The molecule has 1 aromatic carbocycles. The summed E-state index contributed by atoms with van der Waals surface area (Å²) >= 11 is 5.82. The molecule has 1 unspecified atom stereocenters. The van der Waals surface area contributed by atoms with Crippen molar-refractivity contribution in [3.63, 3.8) is 0 Å². The molecule has 1 heterocycles. The zero-order valence-corrected chi connectivity index (χ0v) is 11.6. The van der Waals surface area contributed by atoms with Crippen LogP contribution in [0.3, 0.4) is 0 Å². The predicted molar refractivity (Wildman–Crippen MR) is 74.7 cm³/mol. The lowest BCUT2D eigenvalue weighted by Crippen LogP contribution is -2.35. The lowest BCUT2D eigenvalue weighted by molar-refractivity contribution is 0.458. The molecule has 1 fully saturated rings. The second kappa shape index (κ2) is 6.36. The first-order valence-electron chi connectivity index (χ1n) is 6.07. The van der Waals surface area contributed by atoms with Crippen molar-refractivity contribution in [2.45, 2.75) is 19.3 Å². The average molecular weight is 286 g/mol. The van der Waals surface area contributed by atoms with Gasteiger partial charge in [0.2, 0.25) is 10.3 Å². The highest BCUT2D eigenvalue weighted by Gasteiger charge is 2.20. The molecule has 0 spiro atoms. The zero-order chi connectivity index (χ0) is 13.0. The Morgan fingerprint density at radius 1 is 1.33 bits per heavy atom. The van der Waals surface area contributed by atoms with Crippen LogP contribution in [0.4, 0.5) is 0 Å². The molecule has 0 amide bonds. The van der Waals surface area contributed by atoms with E-state index in [1.54, 1.807) is 12.1 Å². The summed E-state index contributed by atoms with van der Waals surface area (Å²) < 4.78 is 22.8. The van der Waals surface area contributed by atoms with Crippen LogP contribution in [0.15, 0.2) is 24.3 Å². The molecule has 0 aromatic heterocycles. The van der Waals surface area contributed by atoms with Crippen LogP contribution in [0.2, 0.25) is 5.02 Å². The molecule has 2 rings (SSSR count). The van der Waals surface area contributed by atoms with Gasteiger partial charge in [-0.25, -0.2) is 0 Å². The third-order valence-corrected chi connectivity index (χ3v) is 4.42. The summed E-state index contributed by atoms with van der Waals surface area (Å²) in [5.41, 5.74) is 0.990. The van der Waals surface area contributed by atoms with Gasteiger partial charge in [-0.1, -0.05) is 23.7 Å². The maximum absolute atomic E-state index is 11.4. The Morgan fingerprint density at radius 2 is 2.06 bits per heavy atom. The average Bonchev–Trinajstić information content (AvgIpc) is 2.38. The molecule has 0 saturated carbocycles. The molecule has 0 radical (unpaired) electrons. The first-order chi connectivity index (χ1) is 8.66. The van der Waals surface area contributed by atoms with Gasteiger partial charge in [0.25, 0.3) is 0 Å². The van der Waals surface area contributed by atoms with Crippen LogP contribution in [0.25, 0.3) is 0 Å². The Balaban J connectivity index is 2.17. The van der Waals surface area contributed by atoms with E-state index in [9.17, 15) is 8.42 Å². The first-order valence-corrected chi connectivity index (χ1v) is 7.52. The van der Waals surface area contributed by atoms with E-state index in [2.05, 4.69) is 5.32 Å². The molecule has 1 aliphatic rings. The number of hydrogen-bond acceptors (Lipinski definition) is 3. The summed E-state index contributed by atoms with van der Waals surface area (Å²) in [5, 5.41) is 3.92. The summed E-state index contributed by atoms with van der Waals surface area (Å²) in [6.45, 7) is 1.74. The monoisotopic (exact) mass is 285 g/mol. The van der Waals surface area contributed by atoms with E-state index in [1.165, 1.54) is 0 Å². The molecule has 5 heteroatoms. The molecule has 0 aliphatic carbocycles. The molecule has 1 aromatic rings. The van der Waals surface area contributed by atoms with Crippen LogP contribution in [0.5, 0.6) is 0 Å². The Morgan fingerprint density at radius 3 is 2.61 bits per heavy atom. The summed E-state index contributed by atoms with van der Waals surface area (Å²) in [6.07, 6.45) is 2.47. The highest BCUT2D eigenvalue weighted by Crippen LogP contribution is 2.16. The van der Waals surface area contributed by atoms with Crippen LogP contribution in [-0.4, -0.2) is 26.4 Å². The smallest absolute Gasteiger partial charge is 0.213 e. The van der Waals surface area contributed by atoms with Crippen LogP contribution in [-0.2, 0) is 16.7 Å². The van der Waals surface area contributed by atoms with Crippen LogP contribution in [0, 0.1) is 5.92 Å². The van der Waals surface area contributed by atoms with Gasteiger partial charge in [0, 0.05) is 23.9 Å². The number of nitrogens with one attached hydrogen (secondary N) is 1. The predicted octanol–water partition coefficient (Wildman–Crippen LogP) is 1.93. The molecular formula is C13H16ClNO2S. The molecule has 1 N–H and O–H groups in total. The van der Waals surface area contributed by atoms with E-state index in [1.807, 2.05) is 12.1 Å². The van der Waals surface area contributed by atoms with E-state index in [0.29, 0.717) is 16.3 Å². The standard InChI is InChI=1S/C13H16ClNO2S/c14-12-5-3-10(4-6-12)8-13(18(16)17)11-2-1-7-15-9-11/h3-6,11,15H,1-2,7-9H2. The Labute approximate surface area is 114 Å². The van der Waals surface area contributed by atoms with Crippen LogP contribution < -0.4 is 5.32 Å². The van der Waals surface area contributed by atoms with Gasteiger partial charge in [0.1, 0.15) is 0 Å². The minimum Gasteiger partial charge on any atom is -0.316 e. The second-order valence-corrected chi connectivity index (χ2v) is 5.98. The van der Waals surface area contributed by atoms with Gasteiger partial charge >= 0.3 is 0 Å². The molecule has 98 valence electrons. The lowest BCUT2D eigenvalue weighted by atomic mass is 9.92. The highest BCUT2D eigenvalue weighted by atomic mass is 35.5. The number of halogens is 1. The Bertz CT molecular complexity index is 523. The van der Waals surface area contributed by atoms with Crippen molar-refractivity contribution in [1.29, 1.82) is 0 Å². The van der Waals surface area contributed by atoms with Crippen molar-refractivity contribution >= 4 is 26.8 Å². The maximum Gasteiger partial charge on any atom is 0.213 e. The van der Waals surface area contributed by atoms with E-state index >= 15 is 0 Å². The minimum absolute atomic E-state index is 0.132. The number of benzene rings is 1. The quantitative estimate of drug-likeness (QED) is 0.863. The fourth-order valence-corrected chi connectivity index (χ4v) is 3.15. The van der Waals surface area contributed by atoms with E-state index in [-0.39, 0.29) is 5.92 Å². The van der Waals surface area contributed by atoms with Crippen LogP contribution in [0.1, 0.15) is 18.4 Å². The molecule has 1 aliphatic heterocycles. The fraction of sp³-hybridized carbons (Fsp3) is 0.462. The van der Waals surface area contributed by atoms with Gasteiger partial charge < -0.3 is 5.32 Å². The molecule has 18 heavy (non-hydrogen) atoms. The maximum atomic E-state index is 11.4. The summed E-state index contributed by atoms with van der Waals surface area (Å²) in [5.74, 6) is 0.132. The largest absolute Gasteiger partial charge is 0.316 e. The summed E-state index contributed by atoms with van der Waals surface area (Å²) in [7, 11) is -2.11. The molecule has 0 bridgehead atoms. The number of rotatable bonds is 3. The van der Waals surface area contributed by atoms with Crippen molar-refractivity contribution in [2.24, 2.45) is 5.92 Å². The van der Waals surface area contributed by atoms with E-state index < -0.39 is 10.3 Å². The molecule has 1 saturated heterocycles. The SMILES string of the molecule is O=S(=O)=C(Cc1ccc(Cl)cc1)C1CCCNC1. The van der Waals surface area contributed by atoms with E-state index in [0.717, 1.165) is 31.5 Å². The minimum atomic E-state index is -2.11. The van der Waals surface area contributed by atoms with Crippen molar-refractivity contribution in [3.05, 3.63) is 34.9 Å². The fourth-order valence-electron chi connectivity index (χ4n) is 2.27.